The van der Waals surface area contributed by atoms with Crippen LogP contribution in [0.4, 0.5) is 18.9 Å². The van der Waals surface area contributed by atoms with Gasteiger partial charge >= 0.3 is 6.36 Å². The maximum Gasteiger partial charge on any atom is 0.573 e. The summed E-state index contributed by atoms with van der Waals surface area (Å²) in [6.07, 6.45) is -4.77. The zero-order valence-electron chi connectivity index (χ0n) is 11.0. The van der Waals surface area contributed by atoms with Gasteiger partial charge in [0.25, 0.3) is 5.91 Å². The number of alkyl halides is 3. The number of hydrogen-bond acceptors (Lipinski definition) is 3. The molecule has 0 aliphatic carbocycles. The van der Waals surface area contributed by atoms with Crippen LogP contribution in [0, 0.1) is 0 Å². The number of amides is 1. The van der Waals surface area contributed by atoms with Crippen LogP contribution < -0.4 is 10.1 Å². The fraction of sp³-hybridized carbons (Fsp3) is 0.417. The summed E-state index contributed by atoms with van der Waals surface area (Å²) in [6.45, 7) is 3.14. The lowest BCUT2D eigenvalue weighted by Crippen LogP contribution is -2.38. The third-order valence-corrected chi connectivity index (χ3v) is 3.09. The summed E-state index contributed by atoms with van der Waals surface area (Å²) in [5, 5.41) is 2.53. The van der Waals surface area contributed by atoms with Crippen LogP contribution in [0.25, 0.3) is 0 Å². The van der Waals surface area contributed by atoms with Gasteiger partial charge in [0.1, 0.15) is 11.4 Å². The molecule has 1 aromatic carbocycles. The lowest BCUT2D eigenvalue weighted by atomic mass is 10.1. The molecule has 0 heterocycles. The maximum atomic E-state index is 12.1. The van der Waals surface area contributed by atoms with Gasteiger partial charge in [-0.2, -0.15) is 0 Å². The molecule has 0 aromatic heterocycles. The molecule has 0 radical (unpaired) electrons. The molecule has 0 spiro atoms. The van der Waals surface area contributed by atoms with E-state index in [1.807, 2.05) is 0 Å². The fourth-order valence-corrected chi connectivity index (χ4v) is 1.62. The Hall–Kier alpha value is -1.28. The minimum absolute atomic E-state index is 0.0721. The summed E-state index contributed by atoms with van der Waals surface area (Å²) in [5.74, 6) is -0.808. The van der Waals surface area contributed by atoms with Crippen LogP contribution in [-0.2, 0) is 9.53 Å². The third kappa shape index (κ3) is 4.68. The zero-order chi connectivity index (χ0) is 15.6. The first kappa shape index (κ1) is 16.8. The maximum absolute atomic E-state index is 12.1. The molecule has 0 bridgehead atoms. The van der Waals surface area contributed by atoms with Crippen molar-refractivity contribution in [2.24, 2.45) is 0 Å². The molecule has 0 fully saturated rings. The van der Waals surface area contributed by atoms with Gasteiger partial charge in [-0.3, -0.25) is 4.79 Å². The highest BCUT2D eigenvalue weighted by Gasteiger charge is 2.32. The predicted octanol–water partition coefficient (Wildman–Crippen LogP) is 3.71. The van der Waals surface area contributed by atoms with E-state index < -0.39 is 17.9 Å². The molecule has 1 rings (SSSR count). The average molecular weight is 356 g/mol. The first-order valence-corrected chi connectivity index (χ1v) is 6.26. The lowest BCUT2D eigenvalue weighted by Gasteiger charge is -2.22. The summed E-state index contributed by atoms with van der Waals surface area (Å²) >= 11 is 2.95. The third-order valence-electron chi connectivity index (χ3n) is 2.47. The summed E-state index contributed by atoms with van der Waals surface area (Å²) < 4.78 is 45.2. The van der Waals surface area contributed by atoms with Gasteiger partial charge < -0.3 is 14.8 Å². The largest absolute Gasteiger partial charge is 0.573 e. The summed E-state index contributed by atoms with van der Waals surface area (Å²) in [5.41, 5.74) is -0.727. The van der Waals surface area contributed by atoms with Crippen LogP contribution in [0.5, 0.6) is 5.75 Å². The van der Waals surface area contributed by atoms with Crippen molar-refractivity contribution in [2.45, 2.75) is 25.8 Å². The van der Waals surface area contributed by atoms with E-state index in [9.17, 15) is 18.0 Å². The SMILES string of the molecule is COC(C)(C)C(=O)Nc1ccc(OC(F)(F)F)c(Br)c1. The lowest BCUT2D eigenvalue weighted by molar-refractivity contribution is -0.274. The number of nitrogens with one attached hydrogen (secondary N) is 1. The first-order valence-electron chi connectivity index (χ1n) is 5.47. The number of carbonyl (C=O) groups is 1. The van der Waals surface area contributed by atoms with Crippen LogP contribution in [0.15, 0.2) is 22.7 Å². The molecule has 20 heavy (non-hydrogen) atoms. The van der Waals surface area contributed by atoms with Crippen molar-refractivity contribution in [3.8, 4) is 5.75 Å². The Labute approximate surface area is 122 Å². The van der Waals surface area contributed by atoms with Gasteiger partial charge in [-0.15, -0.1) is 13.2 Å². The summed E-state index contributed by atoms with van der Waals surface area (Å²) in [4.78, 5) is 11.8. The Morgan fingerprint density at radius 1 is 1.30 bits per heavy atom. The predicted molar refractivity (Wildman–Crippen MR) is 70.5 cm³/mol. The van der Waals surface area contributed by atoms with Crippen LogP contribution in [0.3, 0.4) is 0 Å². The van der Waals surface area contributed by atoms with E-state index in [1.54, 1.807) is 13.8 Å². The van der Waals surface area contributed by atoms with E-state index in [-0.39, 0.29) is 10.2 Å². The molecule has 112 valence electrons. The van der Waals surface area contributed by atoms with Crippen LogP contribution in [0.1, 0.15) is 13.8 Å². The minimum atomic E-state index is -4.77. The smallest absolute Gasteiger partial charge is 0.405 e. The molecule has 0 aliphatic heterocycles. The van der Waals surface area contributed by atoms with E-state index >= 15 is 0 Å². The number of anilines is 1. The summed E-state index contributed by atoms with van der Waals surface area (Å²) in [7, 11) is 1.38. The van der Waals surface area contributed by atoms with Crippen molar-refractivity contribution in [1.82, 2.24) is 0 Å². The molecule has 1 N–H and O–H groups in total. The highest BCUT2D eigenvalue weighted by molar-refractivity contribution is 9.10. The first-order chi connectivity index (χ1) is 9.05. The Kier molecular flexibility index (Phi) is 5.04. The molecule has 1 aromatic rings. The monoisotopic (exact) mass is 355 g/mol. The fourth-order valence-electron chi connectivity index (χ4n) is 1.16. The Bertz CT molecular complexity index is 503. The zero-order valence-corrected chi connectivity index (χ0v) is 12.6. The normalized spacial score (nSPS) is 12.2. The van der Waals surface area contributed by atoms with Gasteiger partial charge in [0.15, 0.2) is 0 Å². The standard InChI is InChI=1S/C12H13BrF3NO3/c1-11(2,19-3)10(18)17-7-4-5-9(8(13)6-7)20-12(14,15)16/h4-6H,1-3H3,(H,17,18). The molecular weight excluding hydrogens is 343 g/mol. The molecule has 0 atom stereocenters. The highest BCUT2D eigenvalue weighted by Crippen LogP contribution is 2.32. The number of methoxy groups -OCH3 is 1. The number of carbonyl (C=O) groups excluding carboxylic acids is 1. The van der Waals surface area contributed by atoms with Gasteiger partial charge in [0.05, 0.1) is 4.47 Å². The van der Waals surface area contributed by atoms with Crippen LogP contribution in [0.2, 0.25) is 0 Å². The quantitative estimate of drug-likeness (QED) is 0.895. The number of hydrogen-bond donors (Lipinski definition) is 1. The van der Waals surface area contributed by atoms with Gasteiger partial charge in [0.2, 0.25) is 0 Å². The van der Waals surface area contributed by atoms with E-state index in [0.717, 1.165) is 6.07 Å². The second-order valence-corrected chi connectivity index (χ2v) is 5.22. The molecule has 8 heteroatoms. The van der Waals surface area contributed by atoms with Crippen molar-refractivity contribution >= 4 is 27.5 Å². The number of benzene rings is 1. The van der Waals surface area contributed by atoms with Gasteiger partial charge in [-0.25, -0.2) is 0 Å². The van der Waals surface area contributed by atoms with E-state index in [0.29, 0.717) is 5.69 Å². The van der Waals surface area contributed by atoms with Crippen molar-refractivity contribution in [1.29, 1.82) is 0 Å². The second-order valence-electron chi connectivity index (χ2n) is 4.36. The minimum Gasteiger partial charge on any atom is -0.405 e. The second kappa shape index (κ2) is 6.01. The van der Waals surface area contributed by atoms with Crippen molar-refractivity contribution in [3.63, 3.8) is 0 Å². The van der Waals surface area contributed by atoms with Crippen LogP contribution in [-0.4, -0.2) is 25.0 Å². The molecule has 1 amide bonds. The molecular formula is C12H13BrF3NO3. The van der Waals surface area contributed by atoms with E-state index in [2.05, 4.69) is 26.0 Å². The van der Waals surface area contributed by atoms with E-state index in [4.69, 9.17) is 4.74 Å². The van der Waals surface area contributed by atoms with Gasteiger partial charge in [-0.1, -0.05) is 0 Å². The Morgan fingerprint density at radius 3 is 2.35 bits per heavy atom. The van der Waals surface area contributed by atoms with E-state index in [1.165, 1.54) is 19.2 Å². The molecule has 0 saturated carbocycles. The number of ether oxygens (including phenoxy) is 2. The highest BCUT2D eigenvalue weighted by atomic mass is 79.9. The number of halogens is 4. The molecule has 0 saturated heterocycles. The Balaban J connectivity index is 2.86. The van der Waals surface area contributed by atoms with Crippen molar-refractivity contribution in [3.05, 3.63) is 22.7 Å². The van der Waals surface area contributed by atoms with Gasteiger partial charge in [-0.05, 0) is 48.0 Å². The molecule has 0 unspecified atom stereocenters. The molecule has 0 aliphatic rings. The Morgan fingerprint density at radius 2 is 1.90 bits per heavy atom. The van der Waals surface area contributed by atoms with Gasteiger partial charge in [0, 0.05) is 12.8 Å². The number of rotatable bonds is 4. The van der Waals surface area contributed by atoms with Crippen LogP contribution >= 0.6 is 15.9 Å². The molecule has 4 nitrogen and oxygen atoms in total. The van der Waals surface area contributed by atoms with Crippen molar-refractivity contribution in [2.75, 3.05) is 12.4 Å². The summed E-state index contributed by atoms with van der Waals surface area (Å²) in [6, 6.07) is 3.72. The van der Waals surface area contributed by atoms with Crippen molar-refractivity contribution < 1.29 is 27.4 Å². The average Bonchev–Trinajstić information content (AvgIpc) is 2.31. The topological polar surface area (TPSA) is 47.6 Å².